The molecule has 0 aliphatic heterocycles. The van der Waals surface area contributed by atoms with Gasteiger partial charge in [-0.1, -0.05) is 18.5 Å². The van der Waals surface area contributed by atoms with Gasteiger partial charge >= 0.3 is 0 Å². The summed E-state index contributed by atoms with van der Waals surface area (Å²) in [4.78, 5) is 13.6. The van der Waals surface area contributed by atoms with Crippen LogP contribution in [0.3, 0.4) is 0 Å². The van der Waals surface area contributed by atoms with Gasteiger partial charge in [0.2, 0.25) is 0 Å². The van der Waals surface area contributed by atoms with Crippen LogP contribution in [0.4, 0.5) is 5.00 Å². The van der Waals surface area contributed by atoms with Crippen LogP contribution in [0.5, 0.6) is 0 Å². The van der Waals surface area contributed by atoms with Crippen molar-refractivity contribution in [1.82, 2.24) is 0 Å². The van der Waals surface area contributed by atoms with Crippen molar-refractivity contribution in [3.05, 3.63) is 50.9 Å². The first-order valence-electron chi connectivity index (χ1n) is 7.20. The number of benzene rings is 1. The molecule has 0 spiro atoms. The lowest BCUT2D eigenvalue weighted by molar-refractivity contribution is 0.102. The van der Waals surface area contributed by atoms with Gasteiger partial charge < -0.3 is 5.32 Å². The Labute approximate surface area is 138 Å². The van der Waals surface area contributed by atoms with Gasteiger partial charge in [0.15, 0.2) is 0 Å². The molecule has 1 aromatic heterocycles. The molecule has 1 aliphatic rings. The number of nitrogens with zero attached hydrogens (tertiary/aromatic N) is 1. The maximum absolute atomic E-state index is 12.3. The zero-order valence-electron chi connectivity index (χ0n) is 12.1. The third-order valence-electron chi connectivity index (χ3n) is 3.96. The molecule has 0 saturated heterocycles. The number of amides is 1. The highest BCUT2D eigenvalue weighted by atomic mass is 35.5. The Kier molecular flexibility index (Phi) is 4.19. The van der Waals surface area contributed by atoms with E-state index in [-0.39, 0.29) is 5.91 Å². The lowest BCUT2D eigenvalue weighted by atomic mass is 9.88. The third-order valence-corrected chi connectivity index (χ3v) is 5.38. The van der Waals surface area contributed by atoms with E-state index in [1.165, 1.54) is 16.2 Å². The summed E-state index contributed by atoms with van der Waals surface area (Å²) in [7, 11) is 0. The van der Waals surface area contributed by atoms with E-state index in [1.54, 1.807) is 24.3 Å². The summed E-state index contributed by atoms with van der Waals surface area (Å²) in [6, 6.07) is 8.99. The molecule has 1 atom stereocenters. The van der Waals surface area contributed by atoms with Gasteiger partial charge in [-0.3, -0.25) is 4.79 Å². The van der Waals surface area contributed by atoms with Crippen LogP contribution in [0.2, 0.25) is 5.02 Å². The monoisotopic (exact) mass is 330 g/mol. The van der Waals surface area contributed by atoms with E-state index >= 15 is 0 Å². The van der Waals surface area contributed by atoms with Crippen molar-refractivity contribution in [2.45, 2.75) is 26.2 Å². The number of hydrogen-bond acceptors (Lipinski definition) is 3. The number of carbonyl (C=O) groups excluding carboxylic acids is 1. The molecule has 0 radical (unpaired) electrons. The highest BCUT2D eigenvalue weighted by Crippen LogP contribution is 2.39. The number of rotatable bonds is 2. The van der Waals surface area contributed by atoms with Crippen molar-refractivity contribution in [2.24, 2.45) is 5.92 Å². The van der Waals surface area contributed by atoms with Crippen LogP contribution in [-0.4, -0.2) is 5.91 Å². The first-order chi connectivity index (χ1) is 10.6. The Bertz CT molecular complexity index is 758. The van der Waals surface area contributed by atoms with Gasteiger partial charge in [0, 0.05) is 15.5 Å². The molecule has 1 unspecified atom stereocenters. The predicted octanol–water partition coefficient (Wildman–Crippen LogP) is 4.65. The SMILES string of the molecule is CC1CCc2c(sc(NC(=O)c3ccc(Cl)cc3)c2C#N)C1. The Hall–Kier alpha value is -1.83. The fraction of sp³-hybridized carbons (Fsp3) is 0.294. The summed E-state index contributed by atoms with van der Waals surface area (Å²) in [6.45, 7) is 2.22. The predicted molar refractivity (Wildman–Crippen MR) is 89.6 cm³/mol. The van der Waals surface area contributed by atoms with E-state index in [2.05, 4.69) is 18.3 Å². The smallest absolute Gasteiger partial charge is 0.256 e. The molecule has 0 bridgehead atoms. The Balaban J connectivity index is 1.88. The first-order valence-corrected chi connectivity index (χ1v) is 8.39. The molecule has 0 fully saturated rings. The van der Waals surface area contributed by atoms with Crippen molar-refractivity contribution in [2.75, 3.05) is 5.32 Å². The van der Waals surface area contributed by atoms with Crippen molar-refractivity contribution in [3.8, 4) is 6.07 Å². The number of nitriles is 1. The zero-order valence-corrected chi connectivity index (χ0v) is 13.7. The largest absolute Gasteiger partial charge is 0.312 e. The molecule has 3 rings (SSSR count). The second-order valence-electron chi connectivity index (χ2n) is 5.63. The van der Waals surface area contributed by atoms with E-state index in [0.717, 1.165) is 24.8 Å². The molecule has 5 heteroatoms. The minimum absolute atomic E-state index is 0.209. The normalized spacial score (nSPS) is 16.7. The summed E-state index contributed by atoms with van der Waals surface area (Å²) < 4.78 is 0. The van der Waals surface area contributed by atoms with Crippen molar-refractivity contribution in [3.63, 3.8) is 0 Å². The van der Waals surface area contributed by atoms with Gasteiger partial charge in [-0.05, 0) is 55.0 Å². The summed E-state index contributed by atoms with van der Waals surface area (Å²) in [6.07, 6.45) is 3.02. The molecule has 2 aromatic rings. The van der Waals surface area contributed by atoms with E-state index < -0.39 is 0 Å². The van der Waals surface area contributed by atoms with E-state index in [9.17, 15) is 10.1 Å². The molecule has 1 amide bonds. The second kappa shape index (κ2) is 6.12. The van der Waals surface area contributed by atoms with Gasteiger partial charge in [0.1, 0.15) is 11.1 Å². The van der Waals surface area contributed by atoms with Crippen LogP contribution >= 0.6 is 22.9 Å². The molecule has 1 heterocycles. The second-order valence-corrected chi connectivity index (χ2v) is 7.17. The molecule has 3 nitrogen and oxygen atoms in total. The van der Waals surface area contributed by atoms with Crippen molar-refractivity contribution in [1.29, 1.82) is 5.26 Å². The number of fused-ring (bicyclic) bond motifs is 1. The standard InChI is InChI=1S/C17H15ClN2OS/c1-10-2-7-13-14(9-19)17(22-15(13)8-10)20-16(21)11-3-5-12(18)6-4-11/h3-6,10H,2,7-8H2,1H3,(H,20,21). The highest BCUT2D eigenvalue weighted by molar-refractivity contribution is 7.16. The summed E-state index contributed by atoms with van der Waals surface area (Å²) in [5, 5.41) is 13.6. The maximum atomic E-state index is 12.3. The first kappa shape index (κ1) is 15.1. The molecular formula is C17H15ClN2OS. The topological polar surface area (TPSA) is 52.9 Å². The Morgan fingerprint density at radius 3 is 2.82 bits per heavy atom. The van der Waals surface area contributed by atoms with Crippen LogP contribution in [0.25, 0.3) is 0 Å². The highest BCUT2D eigenvalue weighted by Gasteiger charge is 2.24. The lowest BCUT2D eigenvalue weighted by Crippen LogP contribution is -2.12. The molecular weight excluding hydrogens is 316 g/mol. The Morgan fingerprint density at radius 1 is 1.41 bits per heavy atom. The lowest BCUT2D eigenvalue weighted by Gasteiger charge is -2.17. The fourth-order valence-corrected chi connectivity index (χ4v) is 4.22. The molecule has 1 aromatic carbocycles. The number of hydrogen-bond donors (Lipinski definition) is 1. The minimum atomic E-state index is -0.209. The number of carbonyl (C=O) groups is 1. The average Bonchev–Trinajstić information content (AvgIpc) is 2.83. The molecule has 112 valence electrons. The Morgan fingerprint density at radius 2 is 2.14 bits per heavy atom. The number of thiophene rings is 1. The van der Waals surface area contributed by atoms with Crippen LogP contribution in [-0.2, 0) is 12.8 Å². The molecule has 1 N–H and O–H groups in total. The maximum Gasteiger partial charge on any atom is 0.256 e. The summed E-state index contributed by atoms with van der Waals surface area (Å²) in [5.41, 5.74) is 2.29. The van der Waals surface area contributed by atoms with Crippen LogP contribution in [0.1, 0.15) is 39.7 Å². The third kappa shape index (κ3) is 2.87. The van der Waals surface area contributed by atoms with Crippen LogP contribution in [0, 0.1) is 17.2 Å². The van der Waals surface area contributed by atoms with Crippen LogP contribution < -0.4 is 5.32 Å². The molecule has 1 aliphatic carbocycles. The zero-order chi connectivity index (χ0) is 15.7. The molecule has 22 heavy (non-hydrogen) atoms. The van der Waals surface area contributed by atoms with Crippen LogP contribution in [0.15, 0.2) is 24.3 Å². The van der Waals surface area contributed by atoms with Crippen molar-refractivity contribution < 1.29 is 4.79 Å². The minimum Gasteiger partial charge on any atom is -0.312 e. The number of anilines is 1. The summed E-state index contributed by atoms with van der Waals surface area (Å²) >= 11 is 7.37. The number of nitrogens with one attached hydrogen (secondary N) is 1. The number of halogens is 1. The fourth-order valence-electron chi connectivity index (χ4n) is 2.73. The van der Waals surface area contributed by atoms with E-state index in [0.29, 0.717) is 27.1 Å². The van der Waals surface area contributed by atoms with Crippen molar-refractivity contribution >= 4 is 33.8 Å². The van der Waals surface area contributed by atoms with Gasteiger partial charge in [-0.25, -0.2) is 0 Å². The van der Waals surface area contributed by atoms with Gasteiger partial charge in [-0.15, -0.1) is 11.3 Å². The quantitative estimate of drug-likeness (QED) is 0.871. The van der Waals surface area contributed by atoms with Gasteiger partial charge in [0.05, 0.1) is 5.56 Å². The van der Waals surface area contributed by atoms with Gasteiger partial charge in [-0.2, -0.15) is 5.26 Å². The van der Waals surface area contributed by atoms with E-state index in [1.807, 2.05) is 0 Å². The molecule has 0 saturated carbocycles. The van der Waals surface area contributed by atoms with E-state index in [4.69, 9.17) is 11.6 Å². The average molecular weight is 331 g/mol. The van der Waals surface area contributed by atoms with Gasteiger partial charge in [0.25, 0.3) is 5.91 Å². The summed E-state index contributed by atoms with van der Waals surface area (Å²) in [5.74, 6) is 0.428.